The van der Waals surface area contributed by atoms with Gasteiger partial charge in [0.1, 0.15) is 0 Å². The molecule has 0 saturated carbocycles. The lowest BCUT2D eigenvalue weighted by Gasteiger charge is -2.26. The first-order valence-electron chi connectivity index (χ1n) is 6.34. The van der Waals surface area contributed by atoms with Crippen LogP contribution < -0.4 is 0 Å². The summed E-state index contributed by atoms with van der Waals surface area (Å²) in [5.74, 6) is 6.01. The predicted octanol–water partition coefficient (Wildman–Crippen LogP) is 2.98. The molecule has 0 radical (unpaired) electrons. The van der Waals surface area contributed by atoms with E-state index in [9.17, 15) is 5.11 Å². The average molecular weight is 251 g/mol. The topological polar surface area (TPSA) is 33.1 Å². The lowest BCUT2D eigenvalue weighted by Crippen LogP contribution is -2.30. The highest BCUT2D eigenvalue weighted by Gasteiger charge is 2.31. The van der Waals surface area contributed by atoms with Crippen molar-refractivity contribution in [3.8, 4) is 11.8 Å². The van der Waals surface area contributed by atoms with Crippen molar-refractivity contribution in [2.75, 3.05) is 0 Å². The summed E-state index contributed by atoms with van der Waals surface area (Å²) in [6.07, 6.45) is 3.36. The van der Waals surface area contributed by atoms with Crippen LogP contribution in [0.25, 0.3) is 0 Å². The van der Waals surface area contributed by atoms with Gasteiger partial charge in [0.05, 0.1) is 0 Å². The third-order valence-corrected chi connectivity index (χ3v) is 3.11. The van der Waals surface area contributed by atoms with Crippen LogP contribution >= 0.6 is 0 Å². The molecular formula is C17H17NO. The van der Waals surface area contributed by atoms with E-state index in [4.69, 9.17) is 0 Å². The summed E-state index contributed by atoms with van der Waals surface area (Å²) in [6.45, 7) is 3.90. The number of rotatable bonds is 2. The van der Waals surface area contributed by atoms with E-state index < -0.39 is 5.60 Å². The molecule has 1 atom stereocenters. The van der Waals surface area contributed by atoms with Gasteiger partial charge in [0.25, 0.3) is 0 Å². The van der Waals surface area contributed by atoms with Gasteiger partial charge in [-0.25, -0.2) is 0 Å². The predicted molar refractivity (Wildman–Crippen MR) is 76.3 cm³/mol. The van der Waals surface area contributed by atoms with Crippen molar-refractivity contribution in [3.63, 3.8) is 0 Å². The van der Waals surface area contributed by atoms with Gasteiger partial charge < -0.3 is 5.11 Å². The molecule has 0 aliphatic rings. The van der Waals surface area contributed by atoms with Crippen LogP contribution in [0.15, 0.2) is 54.9 Å². The van der Waals surface area contributed by atoms with Gasteiger partial charge in [0.2, 0.25) is 0 Å². The zero-order valence-electron chi connectivity index (χ0n) is 11.2. The molecule has 0 fully saturated rings. The Morgan fingerprint density at radius 3 is 2.42 bits per heavy atom. The summed E-state index contributed by atoms with van der Waals surface area (Å²) in [5, 5.41) is 10.8. The maximum absolute atomic E-state index is 10.8. The summed E-state index contributed by atoms with van der Waals surface area (Å²) in [7, 11) is 0. The zero-order chi connectivity index (χ0) is 13.7. The van der Waals surface area contributed by atoms with Crippen LogP contribution in [-0.2, 0) is 5.60 Å². The molecule has 0 saturated heterocycles. The molecule has 0 amide bonds. The summed E-state index contributed by atoms with van der Waals surface area (Å²) >= 11 is 0. The van der Waals surface area contributed by atoms with E-state index >= 15 is 0 Å². The summed E-state index contributed by atoms with van der Waals surface area (Å²) in [6, 6.07) is 13.3. The molecular weight excluding hydrogens is 234 g/mol. The molecule has 2 heteroatoms. The van der Waals surface area contributed by atoms with Gasteiger partial charge in [-0.3, -0.25) is 4.98 Å². The monoisotopic (exact) mass is 251 g/mol. The number of aliphatic hydroxyl groups is 1. The molecule has 0 bridgehead atoms. The minimum atomic E-state index is -1.18. The molecule has 2 nitrogen and oxygen atoms in total. The first-order valence-corrected chi connectivity index (χ1v) is 6.34. The lowest BCUT2D eigenvalue weighted by molar-refractivity contribution is 0.0500. The van der Waals surface area contributed by atoms with Crippen LogP contribution in [-0.4, -0.2) is 10.1 Å². The van der Waals surface area contributed by atoms with Gasteiger partial charge in [0, 0.05) is 23.5 Å². The molecule has 19 heavy (non-hydrogen) atoms. The van der Waals surface area contributed by atoms with Gasteiger partial charge in [0.15, 0.2) is 5.60 Å². The number of hydrogen-bond acceptors (Lipinski definition) is 2. The molecule has 2 rings (SSSR count). The van der Waals surface area contributed by atoms with Crippen molar-refractivity contribution < 1.29 is 5.11 Å². The van der Waals surface area contributed by atoms with Gasteiger partial charge in [-0.1, -0.05) is 50.0 Å². The first-order chi connectivity index (χ1) is 9.13. The van der Waals surface area contributed by atoms with Crippen LogP contribution in [0.4, 0.5) is 0 Å². The second-order valence-electron chi connectivity index (χ2n) is 4.78. The molecule has 2 aromatic rings. The Morgan fingerprint density at radius 1 is 1.11 bits per heavy atom. The maximum Gasteiger partial charge on any atom is 0.155 e. The summed E-state index contributed by atoms with van der Waals surface area (Å²) in [5.41, 5.74) is 0.447. The van der Waals surface area contributed by atoms with Crippen molar-refractivity contribution in [2.45, 2.75) is 19.4 Å². The molecule has 96 valence electrons. The van der Waals surface area contributed by atoms with Gasteiger partial charge in [-0.05, 0) is 24.1 Å². The van der Waals surface area contributed by atoms with Gasteiger partial charge in [-0.15, -0.1) is 0 Å². The highest BCUT2D eigenvalue weighted by molar-refractivity contribution is 5.39. The van der Waals surface area contributed by atoms with Crippen molar-refractivity contribution >= 4 is 0 Å². The summed E-state index contributed by atoms with van der Waals surface area (Å²) < 4.78 is 0. The Morgan fingerprint density at radius 2 is 1.84 bits per heavy atom. The third kappa shape index (κ3) is 3.01. The van der Waals surface area contributed by atoms with Gasteiger partial charge in [-0.2, -0.15) is 0 Å². The number of nitrogens with zero attached hydrogens (tertiary/aromatic N) is 1. The van der Waals surface area contributed by atoms with E-state index in [0.717, 1.165) is 11.1 Å². The van der Waals surface area contributed by atoms with Crippen molar-refractivity contribution in [2.24, 2.45) is 5.92 Å². The second kappa shape index (κ2) is 5.69. The largest absolute Gasteiger partial charge is 0.373 e. The number of pyridine rings is 1. The Hall–Kier alpha value is -2.11. The molecule has 1 aromatic heterocycles. The smallest absolute Gasteiger partial charge is 0.155 e. The Bertz CT molecular complexity index is 581. The van der Waals surface area contributed by atoms with Crippen molar-refractivity contribution in [1.82, 2.24) is 4.98 Å². The third-order valence-electron chi connectivity index (χ3n) is 3.11. The standard InChI is InChI=1S/C17H17NO/c1-14(2)17(19,16-9-6-12-18-13-16)11-10-15-7-4-3-5-8-15/h3-9,12-14,19H,1-2H3. The molecule has 1 N–H and O–H groups in total. The van der Waals surface area contributed by atoms with E-state index in [1.165, 1.54) is 0 Å². The molecule has 1 heterocycles. The average Bonchev–Trinajstić information content (AvgIpc) is 2.46. The molecule has 0 aliphatic heterocycles. The number of hydrogen-bond donors (Lipinski definition) is 1. The highest BCUT2D eigenvalue weighted by atomic mass is 16.3. The minimum absolute atomic E-state index is 0.0205. The molecule has 1 unspecified atom stereocenters. The van der Waals surface area contributed by atoms with Crippen LogP contribution in [0.5, 0.6) is 0 Å². The van der Waals surface area contributed by atoms with Crippen molar-refractivity contribution in [1.29, 1.82) is 0 Å². The summed E-state index contributed by atoms with van der Waals surface area (Å²) in [4.78, 5) is 4.06. The van der Waals surface area contributed by atoms with Crippen LogP contribution in [0, 0.1) is 17.8 Å². The van der Waals surface area contributed by atoms with Gasteiger partial charge >= 0.3 is 0 Å². The highest BCUT2D eigenvalue weighted by Crippen LogP contribution is 2.28. The van der Waals surface area contributed by atoms with Crippen molar-refractivity contribution in [3.05, 3.63) is 66.0 Å². The Kier molecular flexibility index (Phi) is 3.99. The Balaban J connectivity index is 2.40. The van der Waals surface area contributed by atoms with E-state index in [1.807, 2.05) is 56.3 Å². The second-order valence-corrected chi connectivity index (χ2v) is 4.78. The molecule has 0 aliphatic carbocycles. The van der Waals surface area contributed by atoms with E-state index in [2.05, 4.69) is 16.8 Å². The quantitative estimate of drug-likeness (QED) is 0.832. The number of benzene rings is 1. The SMILES string of the molecule is CC(C)C(O)(C#Cc1ccccc1)c1cccnc1. The molecule has 0 spiro atoms. The maximum atomic E-state index is 10.8. The minimum Gasteiger partial charge on any atom is -0.373 e. The van der Waals surface area contributed by atoms with Crippen LogP contribution in [0.2, 0.25) is 0 Å². The van der Waals surface area contributed by atoms with E-state index in [0.29, 0.717) is 0 Å². The van der Waals surface area contributed by atoms with E-state index in [-0.39, 0.29) is 5.92 Å². The van der Waals surface area contributed by atoms with Crippen LogP contribution in [0.1, 0.15) is 25.0 Å². The fourth-order valence-corrected chi connectivity index (χ4v) is 1.83. The lowest BCUT2D eigenvalue weighted by atomic mass is 9.84. The van der Waals surface area contributed by atoms with E-state index in [1.54, 1.807) is 12.4 Å². The fraction of sp³-hybridized carbons (Fsp3) is 0.235. The zero-order valence-corrected chi connectivity index (χ0v) is 11.2. The number of aromatic nitrogens is 1. The first kappa shape index (κ1) is 13.3. The normalized spacial score (nSPS) is 13.5. The molecule has 1 aromatic carbocycles. The Labute approximate surface area is 114 Å². The fourth-order valence-electron chi connectivity index (χ4n) is 1.83. The van der Waals surface area contributed by atoms with Crippen LogP contribution in [0.3, 0.4) is 0 Å².